The van der Waals surface area contributed by atoms with Gasteiger partial charge in [0.05, 0.1) is 25.8 Å². The summed E-state index contributed by atoms with van der Waals surface area (Å²) in [7, 11) is 3.24. The number of nitrogens with zero attached hydrogens (tertiary/aromatic N) is 1. The first kappa shape index (κ1) is 13.7. The van der Waals surface area contributed by atoms with E-state index in [1.807, 2.05) is 18.3 Å². The number of aliphatic hydroxyl groups is 1. The molecule has 4 heteroatoms. The van der Waals surface area contributed by atoms with Gasteiger partial charge in [0.1, 0.15) is 0 Å². The summed E-state index contributed by atoms with van der Waals surface area (Å²) in [5.41, 5.74) is 1.95. The van der Waals surface area contributed by atoms with E-state index in [-0.39, 0.29) is 0 Å². The summed E-state index contributed by atoms with van der Waals surface area (Å²) in [6.45, 7) is 6.00. The first-order chi connectivity index (χ1) is 8.99. The van der Waals surface area contributed by atoms with Gasteiger partial charge in [-0.25, -0.2) is 0 Å². The molecule has 0 amide bonds. The Kier molecular flexibility index (Phi) is 3.71. The summed E-state index contributed by atoms with van der Waals surface area (Å²) in [5, 5.41) is 10.9. The van der Waals surface area contributed by atoms with Crippen molar-refractivity contribution in [3.05, 3.63) is 23.9 Å². The molecule has 104 valence electrons. The molecule has 0 spiro atoms. The minimum Gasteiger partial charge on any atom is -0.493 e. The summed E-state index contributed by atoms with van der Waals surface area (Å²) >= 11 is 0. The summed E-state index contributed by atoms with van der Waals surface area (Å²) < 4.78 is 12.8. The molecule has 0 radical (unpaired) electrons. The molecule has 0 bridgehead atoms. The standard InChI is InChI=1S/C15H21NO3/c1-9(2)16-8-12(10(3)17)11-6-14(18-4)15(19-5)7-13(11)16/h6-10,17H,1-5H3. The second kappa shape index (κ2) is 5.13. The highest BCUT2D eigenvalue weighted by atomic mass is 16.5. The molecule has 0 aliphatic heterocycles. The van der Waals surface area contributed by atoms with Gasteiger partial charge in [-0.2, -0.15) is 0 Å². The Bertz CT molecular complexity index is 535. The average molecular weight is 263 g/mol. The van der Waals surface area contributed by atoms with Crippen molar-refractivity contribution in [1.29, 1.82) is 0 Å². The van der Waals surface area contributed by atoms with Crippen LogP contribution in [0.3, 0.4) is 0 Å². The van der Waals surface area contributed by atoms with E-state index >= 15 is 0 Å². The van der Waals surface area contributed by atoms with E-state index in [9.17, 15) is 5.11 Å². The third-order valence-electron chi connectivity index (χ3n) is 3.38. The van der Waals surface area contributed by atoms with Crippen LogP contribution in [0.2, 0.25) is 0 Å². The average Bonchev–Trinajstić information content (AvgIpc) is 2.75. The fraction of sp³-hybridized carbons (Fsp3) is 0.467. The van der Waals surface area contributed by atoms with E-state index in [1.54, 1.807) is 21.1 Å². The molecule has 0 aliphatic carbocycles. The molecule has 1 N–H and O–H groups in total. The van der Waals surface area contributed by atoms with Crippen LogP contribution in [0.25, 0.3) is 10.9 Å². The number of methoxy groups -OCH3 is 2. The Morgan fingerprint density at radius 3 is 2.11 bits per heavy atom. The predicted octanol–water partition coefficient (Wildman–Crippen LogP) is 3.29. The number of hydrogen-bond acceptors (Lipinski definition) is 3. The third-order valence-corrected chi connectivity index (χ3v) is 3.38. The molecular formula is C15H21NO3. The molecule has 1 aromatic heterocycles. The Hall–Kier alpha value is -1.68. The smallest absolute Gasteiger partial charge is 0.162 e. The van der Waals surface area contributed by atoms with Gasteiger partial charge in [-0.05, 0) is 26.8 Å². The lowest BCUT2D eigenvalue weighted by Gasteiger charge is -2.12. The van der Waals surface area contributed by atoms with Gasteiger partial charge in [0.2, 0.25) is 0 Å². The fourth-order valence-electron chi connectivity index (χ4n) is 2.36. The maximum atomic E-state index is 9.92. The van der Waals surface area contributed by atoms with Crippen LogP contribution in [0, 0.1) is 0 Å². The molecule has 1 atom stereocenters. The highest BCUT2D eigenvalue weighted by Crippen LogP contribution is 2.37. The molecule has 0 saturated heterocycles. The molecule has 0 fully saturated rings. The van der Waals surface area contributed by atoms with Crippen molar-refractivity contribution in [2.45, 2.75) is 32.9 Å². The van der Waals surface area contributed by atoms with Crippen LogP contribution < -0.4 is 9.47 Å². The molecule has 0 saturated carbocycles. The predicted molar refractivity (Wildman–Crippen MR) is 76.1 cm³/mol. The van der Waals surface area contributed by atoms with Crippen LogP contribution in [0.1, 0.15) is 38.5 Å². The topological polar surface area (TPSA) is 43.6 Å². The van der Waals surface area contributed by atoms with Crippen LogP contribution in [0.5, 0.6) is 11.5 Å². The van der Waals surface area contributed by atoms with Gasteiger partial charge in [-0.15, -0.1) is 0 Å². The fourth-order valence-corrected chi connectivity index (χ4v) is 2.36. The largest absolute Gasteiger partial charge is 0.493 e. The molecule has 2 rings (SSSR count). The van der Waals surface area contributed by atoms with E-state index in [2.05, 4.69) is 18.4 Å². The number of ether oxygens (including phenoxy) is 2. The molecule has 19 heavy (non-hydrogen) atoms. The van der Waals surface area contributed by atoms with Gasteiger partial charge in [0.15, 0.2) is 11.5 Å². The molecule has 0 aliphatic rings. The number of aromatic nitrogens is 1. The van der Waals surface area contributed by atoms with Gasteiger partial charge in [-0.3, -0.25) is 0 Å². The summed E-state index contributed by atoms with van der Waals surface area (Å²) in [5.74, 6) is 1.38. The molecule has 1 unspecified atom stereocenters. The lowest BCUT2D eigenvalue weighted by Crippen LogP contribution is -1.99. The number of benzene rings is 1. The lowest BCUT2D eigenvalue weighted by molar-refractivity contribution is 0.200. The zero-order valence-corrected chi connectivity index (χ0v) is 12.1. The highest BCUT2D eigenvalue weighted by Gasteiger charge is 2.17. The van der Waals surface area contributed by atoms with Gasteiger partial charge < -0.3 is 19.1 Å². The monoisotopic (exact) mass is 263 g/mol. The second-order valence-corrected chi connectivity index (χ2v) is 4.99. The van der Waals surface area contributed by atoms with Crippen LogP contribution >= 0.6 is 0 Å². The van der Waals surface area contributed by atoms with Crippen LogP contribution in [-0.2, 0) is 0 Å². The number of aliphatic hydroxyl groups excluding tert-OH is 1. The zero-order chi connectivity index (χ0) is 14.2. The number of hydrogen-bond donors (Lipinski definition) is 1. The Labute approximate surface area is 113 Å². The van der Waals surface area contributed by atoms with E-state index < -0.39 is 6.10 Å². The van der Waals surface area contributed by atoms with Crippen molar-refractivity contribution in [3.63, 3.8) is 0 Å². The lowest BCUT2D eigenvalue weighted by atomic mass is 10.1. The van der Waals surface area contributed by atoms with Crippen LogP contribution in [0.15, 0.2) is 18.3 Å². The molecule has 1 heterocycles. The van der Waals surface area contributed by atoms with Gasteiger partial charge >= 0.3 is 0 Å². The Morgan fingerprint density at radius 2 is 1.63 bits per heavy atom. The number of fused-ring (bicyclic) bond motifs is 1. The maximum Gasteiger partial charge on any atom is 0.162 e. The third kappa shape index (κ3) is 2.28. The van der Waals surface area contributed by atoms with Crippen molar-refractivity contribution in [1.82, 2.24) is 4.57 Å². The van der Waals surface area contributed by atoms with E-state index in [0.717, 1.165) is 16.5 Å². The highest BCUT2D eigenvalue weighted by molar-refractivity contribution is 5.88. The normalized spacial score (nSPS) is 13.0. The van der Waals surface area contributed by atoms with E-state index in [4.69, 9.17) is 9.47 Å². The molecular weight excluding hydrogens is 242 g/mol. The summed E-state index contributed by atoms with van der Waals surface area (Å²) in [6.07, 6.45) is 1.49. The van der Waals surface area contributed by atoms with Crippen molar-refractivity contribution >= 4 is 10.9 Å². The number of rotatable bonds is 4. The Balaban J connectivity index is 2.79. The first-order valence-corrected chi connectivity index (χ1v) is 6.44. The molecule has 2 aromatic rings. The van der Waals surface area contributed by atoms with Gasteiger partial charge in [0.25, 0.3) is 0 Å². The van der Waals surface area contributed by atoms with Crippen LogP contribution in [-0.4, -0.2) is 23.9 Å². The summed E-state index contributed by atoms with van der Waals surface area (Å²) in [6, 6.07) is 4.20. The second-order valence-electron chi connectivity index (χ2n) is 4.99. The maximum absolute atomic E-state index is 9.92. The van der Waals surface area contributed by atoms with E-state index in [1.165, 1.54) is 0 Å². The van der Waals surface area contributed by atoms with E-state index in [0.29, 0.717) is 17.5 Å². The van der Waals surface area contributed by atoms with Crippen molar-refractivity contribution in [3.8, 4) is 11.5 Å². The Morgan fingerprint density at radius 1 is 1.05 bits per heavy atom. The van der Waals surface area contributed by atoms with Crippen molar-refractivity contribution in [2.24, 2.45) is 0 Å². The van der Waals surface area contributed by atoms with Crippen LogP contribution in [0.4, 0.5) is 0 Å². The van der Waals surface area contributed by atoms with Crippen molar-refractivity contribution in [2.75, 3.05) is 14.2 Å². The van der Waals surface area contributed by atoms with Gasteiger partial charge in [-0.1, -0.05) is 0 Å². The quantitative estimate of drug-likeness (QED) is 0.920. The minimum atomic E-state index is -0.513. The first-order valence-electron chi connectivity index (χ1n) is 6.44. The SMILES string of the molecule is COc1cc2c(C(C)O)cn(C(C)C)c2cc1OC. The molecule has 1 aromatic carbocycles. The molecule has 4 nitrogen and oxygen atoms in total. The van der Waals surface area contributed by atoms with Crippen molar-refractivity contribution < 1.29 is 14.6 Å². The minimum absolute atomic E-state index is 0.313. The van der Waals surface area contributed by atoms with Gasteiger partial charge in [0, 0.05) is 29.3 Å². The summed E-state index contributed by atoms with van der Waals surface area (Å²) in [4.78, 5) is 0. The zero-order valence-electron chi connectivity index (χ0n) is 12.1.